The molecule has 2 aliphatic heterocycles. The van der Waals surface area contributed by atoms with E-state index in [4.69, 9.17) is 22.1 Å². The van der Waals surface area contributed by atoms with E-state index in [2.05, 4.69) is 16.3 Å². The summed E-state index contributed by atoms with van der Waals surface area (Å²) in [5, 5.41) is 3.81. The molecule has 3 atom stereocenters. The van der Waals surface area contributed by atoms with Crippen LogP contribution in [0.4, 0.5) is 4.79 Å². The van der Waals surface area contributed by atoms with Crippen LogP contribution in [0, 0.1) is 17.3 Å². The van der Waals surface area contributed by atoms with Gasteiger partial charge in [-0.05, 0) is 91.5 Å². The first-order valence-electron chi connectivity index (χ1n) is 18.4. The van der Waals surface area contributed by atoms with E-state index in [9.17, 15) is 14.4 Å². The van der Waals surface area contributed by atoms with Gasteiger partial charge < -0.3 is 20.7 Å². The molecule has 3 amide bonds. The Morgan fingerprint density at radius 3 is 2.38 bits per heavy atom. The highest BCUT2D eigenvalue weighted by atomic mass is 35.5. The minimum Gasteiger partial charge on any atom is -0.447 e. The number of aryl methyl sites for hydroxylation is 1. The van der Waals surface area contributed by atoms with Crippen molar-refractivity contribution < 1.29 is 19.1 Å². The Labute approximate surface area is 290 Å². The third-order valence-corrected chi connectivity index (χ3v) is 12.9. The second-order valence-corrected chi connectivity index (χ2v) is 15.8. The molecule has 2 heterocycles. The van der Waals surface area contributed by atoms with E-state index in [-0.39, 0.29) is 28.9 Å². The summed E-state index contributed by atoms with van der Waals surface area (Å²) in [5.74, 6) is -0.0695. The van der Waals surface area contributed by atoms with Gasteiger partial charge in [-0.15, -0.1) is 0 Å². The van der Waals surface area contributed by atoms with Crippen molar-refractivity contribution in [1.29, 1.82) is 0 Å². The van der Waals surface area contributed by atoms with Gasteiger partial charge in [-0.1, -0.05) is 80.1 Å². The first-order chi connectivity index (χ1) is 23.3. The Hall–Kier alpha value is -3.10. The Morgan fingerprint density at radius 1 is 0.938 bits per heavy atom. The summed E-state index contributed by atoms with van der Waals surface area (Å²) >= 11 is 6.18. The van der Waals surface area contributed by atoms with Crippen molar-refractivity contribution in [2.24, 2.45) is 23.0 Å². The molecule has 3 N–H and O–H groups in total. The van der Waals surface area contributed by atoms with Gasteiger partial charge in [-0.2, -0.15) is 0 Å². The highest BCUT2D eigenvalue weighted by Gasteiger charge is 2.54. The highest BCUT2D eigenvalue weighted by Crippen LogP contribution is 2.50. The lowest BCUT2D eigenvalue weighted by Crippen LogP contribution is -2.58. The van der Waals surface area contributed by atoms with E-state index in [0.29, 0.717) is 43.5 Å². The lowest BCUT2D eigenvalue weighted by atomic mass is 9.63. The maximum Gasteiger partial charge on any atom is 0.410 e. The molecule has 4 fully saturated rings. The van der Waals surface area contributed by atoms with Crippen LogP contribution < -0.4 is 11.1 Å². The lowest BCUT2D eigenvalue weighted by molar-refractivity contribution is -0.140. The van der Waals surface area contributed by atoms with E-state index < -0.39 is 18.0 Å². The zero-order valence-corrected chi connectivity index (χ0v) is 28.9. The summed E-state index contributed by atoms with van der Waals surface area (Å²) in [7, 11) is 0. The van der Waals surface area contributed by atoms with Gasteiger partial charge in [0.05, 0.1) is 11.5 Å². The van der Waals surface area contributed by atoms with Crippen molar-refractivity contribution in [3.63, 3.8) is 0 Å². The summed E-state index contributed by atoms with van der Waals surface area (Å²) in [5.41, 5.74) is 9.63. The number of likely N-dealkylation sites (tertiary alicyclic amines) is 1. The van der Waals surface area contributed by atoms with Crippen LogP contribution in [0.5, 0.6) is 0 Å². The molecule has 3 aliphatic carbocycles. The quantitative estimate of drug-likeness (QED) is 0.329. The first-order valence-corrected chi connectivity index (χ1v) is 18.8. The molecule has 48 heavy (non-hydrogen) atoms. The molecule has 2 aromatic carbocycles. The van der Waals surface area contributed by atoms with Gasteiger partial charge in [-0.25, -0.2) is 4.79 Å². The van der Waals surface area contributed by atoms with Crippen molar-refractivity contribution in [3.8, 4) is 0 Å². The second-order valence-electron chi connectivity index (χ2n) is 15.4. The van der Waals surface area contributed by atoms with Gasteiger partial charge in [0.15, 0.2) is 0 Å². The van der Waals surface area contributed by atoms with Crippen LogP contribution in [0.3, 0.4) is 0 Å². The molecule has 2 saturated heterocycles. The van der Waals surface area contributed by atoms with E-state index >= 15 is 0 Å². The summed E-state index contributed by atoms with van der Waals surface area (Å²) in [4.78, 5) is 45.6. The lowest BCUT2D eigenvalue weighted by Gasteiger charge is -2.51. The zero-order valence-electron chi connectivity index (χ0n) is 28.1. The van der Waals surface area contributed by atoms with Crippen LogP contribution >= 0.6 is 11.6 Å². The van der Waals surface area contributed by atoms with Crippen molar-refractivity contribution in [1.82, 2.24) is 15.1 Å². The number of hydrogen-bond acceptors (Lipinski definition) is 5. The number of fused-ring (bicyclic) bond motifs is 1. The fourth-order valence-electron chi connectivity index (χ4n) is 9.77. The number of halogens is 1. The molecule has 9 heteroatoms. The number of benzene rings is 2. The van der Waals surface area contributed by atoms with E-state index in [0.717, 1.165) is 62.6 Å². The van der Waals surface area contributed by atoms with Crippen LogP contribution in [0.2, 0.25) is 5.02 Å². The highest BCUT2D eigenvalue weighted by molar-refractivity contribution is 6.30. The van der Waals surface area contributed by atoms with E-state index in [1.54, 1.807) is 0 Å². The molecule has 2 aromatic rings. The molecule has 8 nitrogen and oxygen atoms in total. The van der Waals surface area contributed by atoms with Gasteiger partial charge >= 0.3 is 6.09 Å². The molecule has 0 aromatic heterocycles. The molecule has 1 spiro atoms. The summed E-state index contributed by atoms with van der Waals surface area (Å²) in [6.45, 7) is 2.48. The first kappa shape index (κ1) is 33.4. The van der Waals surface area contributed by atoms with Gasteiger partial charge in [0, 0.05) is 37.1 Å². The number of piperidine rings is 1. The van der Waals surface area contributed by atoms with Gasteiger partial charge in [0.2, 0.25) is 11.8 Å². The predicted octanol–water partition coefficient (Wildman–Crippen LogP) is 6.58. The third kappa shape index (κ3) is 6.59. The van der Waals surface area contributed by atoms with Crippen molar-refractivity contribution in [2.45, 2.75) is 108 Å². The summed E-state index contributed by atoms with van der Waals surface area (Å²) in [6, 6.07) is 14.5. The molecule has 2 saturated carbocycles. The number of hydrogen-bond donors (Lipinski definition) is 2. The predicted molar refractivity (Wildman–Crippen MR) is 186 cm³/mol. The third-order valence-electron chi connectivity index (χ3n) is 12.7. The summed E-state index contributed by atoms with van der Waals surface area (Å²) < 4.78 is 5.71. The minimum atomic E-state index is -0.708. The number of nitrogens with one attached hydrogen (secondary N) is 1. The number of rotatable bonds is 8. The largest absolute Gasteiger partial charge is 0.447 e. The van der Waals surface area contributed by atoms with E-state index in [1.807, 2.05) is 47.4 Å². The summed E-state index contributed by atoms with van der Waals surface area (Å²) in [6.07, 6.45) is 13.8. The average Bonchev–Trinajstić information content (AvgIpc) is 3.72. The molecule has 7 rings (SSSR count). The Balaban J connectivity index is 1.09. The number of nitrogens with zero attached hydrogens (tertiary/aromatic N) is 2. The average molecular weight is 675 g/mol. The Morgan fingerprint density at radius 2 is 1.65 bits per heavy atom. The van der Waals surface area contributed by atoms with Crippen LogP contribution in [0.25, 0.3) is 0 Å². The smallest absolute Gasteiger partial charge is 0.410 e. The van der Waals surface area contributed by atoms with Gasteiger partial charge in [0.1, 0.15) is 12.6 Å². The molecular weight excluding hydrogens is 624 g/mol. The molecule has 2 unspecified atom stereocenters. The van der Waals surface area contributed by atoms with Crippen molar-refractivity contribution in [3.05, 3.63) is 70.2 Å². The van der Waals surface area contributed by atoms with Crippen LogP contribution in [0.1, 0.15) is 99.8 Å². The fourth-order valence-corrected chi connectivity index (χ4v) is 9.89. The van der Waals surface area contributed by atoms with Crippen molar-refractivity contribution >= 4 is 29.5 Å². The zero-order chi connectivity index (χ0) is 33.3. The Bertz CT molecular complexity index is 1480. The molecular formula is C39H51ClN4O4. The number of carbonyl (C=O) groups excluding carboxylic acids is 3. The maximum absolute atomic E-state index is 14.4. The molecule has 5 aliphatic rings. The fraction of sp³-hybridized carbons (Fsp3) is 0.615. The van der Waals surface area contributed by atoms with Crippen molar-refractivity contribution in [2.75, 3.05) is 26.2 Å². The number of nitrogens with two attached hydrogens (primary N) is 1. The van der Waals surface area contributed by atoms with Crippen LogP contribution in [-0.4, -0.2) is 65.5 Å². The Kier molecular flexibility index (Phi) is 9.76. The number of carbonyl (C=O) groups is 3. The number of cyclic esters (lactones) is 1. The van der Waals surface area contributed by atoms with Gasteiger partial charge in [0.25, 0.3) is 0 Å². The number of amides is 3. The maximum atomic E-state index is 14.4. The SMILES string of the molecule is NC1c2ccccc2CCC1C(=O)N[C@H](Cc1ccc(Cl)cc1)C(=O)N1CCC(CN2C(=O)OCC23CCCC3)(C2CCCCC2)CC1. The minimum absolute atomic E-state index is 0.0344. The van der Waals surface area contributed by atoms with E-state index in [1.165, 1.54) is 37.7 Å². The molecule has 258 valence electrons. The monoisotopic (exact) mass is 674 g/mol. The van der Waals surface area contributed by atoms with Gasteiger partial charge in [-0.3, -0.25) is 14.5 Å². The topological polar surface area (TPSA) is 105 Å². The van der Waals surface area contributed by atoms with Crippen LogP contribution in [-0.2, 0) is 27.2 Å². The molecule has 0 bridgehead atoms. The normalized spacial score (nSPS) is 25.8. The standard InChI is InChI=1S/C39H51ClN4O4/c40-30-15-12-27(13-16-30)24-33(42-35(45)32-17-14-28-8-4-5-11-31(28)34(32)41)36(46)43-22-20-38(21-23-43,29-9-2-1-3-10-29)25-44-37(47)48-26-39(44)18-6-7-19-39/h4-5,8,11-13,15-16,29,32-34H,1-3,6-7,9-10,14,17-26,41H2,(H,42,45)/t32?,33-,34?/m1/s1. The molecule has 0 radical (unpaired) electrons. The number of ether oxygens (including phenoxy) is 1. The van der Waals surface area contributed by atoms with Crippen LogP contribution in [0.15, 0.2) is 48.5 Å². The second kappa shape index (κ2) is 14.0.